The number of nitrogens with one attached hydrogen (secondary N) is 2. The largest absolute Gasteiger partial charge is 0.369 e. The first-order valence-corrected chi connectivity index (χ1v) is 7.30. The van der Waals surface area contributed by atoms with Gasteiger partial charge in [0.15, 0.2) is 0 Å². The Labute approximate surface area is 118 Å². The fraction of sp³-hybridized carbons (Fsp3) is 0.615. The van der Waals surface area contributed by atoms with Crippen LogP contribution in [0.5, 0.6) is 0 Å². The maximum absolute atomic E-state index is 6.13. The summed E-state index contributed by atoms with van der Waals surface area (Å²) in [7, 11) is 0. The van der Waals surface area contributed by atoms with Crippen LogP contribution in [0.3, 0.4) is 0 Å². The quantitative estimate of drug-likeness (QED) is 0.813. The molecule has 3 nitrogen and oxygen atoms in total. The highest BCUT2D eigenvalue weighted by Crippen LogP contribution is 2.31. The molecule has 0 radical (unpaired) electrons. The van der Waals surface area contributed by atoms with E-state index in [9.17, 15) is 0 Å². The van der Waals surface area contributed by atoms with Crippen LogP contribution < -0.4 is 10.6 Å². The highest BCUT2D eigenvalue weighted by atomic mass is 35.5. The minimum atomic E-state index is 0.561. The minimum absolute atomic E-state index is 0.561. The van der Waals surface area contributed by atoms with Crippen LogP contribution in [0.25, 0.3) is 0 Å². The Morgan fingerprint density at radius 1 is 1.22 bits per heavy atom. The summed E-state index contributed by atoms with van der Waals surface area (Å²) < 4.78 is 0. The van der Waals surface area contributed by atoms with Crippen molar-refractivity contribution in [1.29, 1.82) is 0 Å². The van der Waals surface area contributed by atoms with E-state index in [-0.39, 0.29) is 0 Å². The fourth-order valence-electron chi connectivity index (χ4n) is 2.06. The molecule has 0 aromatic carbocycles. The summed E-state index contributed by atoms with van der Waals surface area (Å²) in [6.07, 6.45) is 5.31. The van der Waals surface area contributed by atoms with E-state index in [4.69, 9.17) is 23.2 Å². The van der Waals surface area contributed by atoms with Crippen LogP contribution in [0.4, 0.5) is 11.6 Å². The average molecular weight is 288 g/mol. The van der Waals surface area contributed by atoms with E-state index < -0.39 is 0 Å². The summed E-state index contributed by atoms with van der Waals surface area (Å²) in [6, 6.07) is 1.74. The van der Waals surface area contributed by atoms with Crippen LogP contribution in [0.1, 0.15) is 32.6 Å². The molecule has 2 N–H and O–H groups in total. The highest BCUT2D eigenvalue weighted by molar-refractivity contribution is 6.37. The Kier molecular flexibility index (Phi) is 4.95. The predicted molar refractivity (Wildman–Crippen MR) is 78.9 cm³/mol. The molecule has 1 saturated carbocycles. The first-order valence-electron chi connectivity index (χ1n) is 6.54. The molecule has 0 aliphatic heterocycles. The minimum Gasteiger partial charge on any atom is -0.369 e. The molecule has 0 bridgehead atoms. The Hall–Kier alpha value is -0.670. The molecular formula is C13H19Cl2N3. The maximum atomic E-state index is 6.13. The van der Waals surface area contributed by atoms with E-state index in [2.05, 4.69) is 15.6 Å². The van der Waals surface area contributed by atoms with Crippen molar-refractivity contribution >= 4 is 34.8 Å². The molecule has 1 heterocycles. The standard InChI is InChI=1S/C13H19Cl2N3/c1-2-16-12-10(14)8-11(15)13(18-12)17-7-6-9-4-3-5-9/h8-9H,2-7H2,1H3,(H2,16,17,18). The Morgan fingerprint density at radius 2 is 1.89 bits per heavy atom. The Balaban J connectivity index is 1.94. The third kappa shape index (κ3) is 3.42. The second-order valence-corrected chi connectivity index (χ2v) is 5.51. The molecule has 1 fully saturated rings. The van der Waals surface area contributed by atoms with Gasteiger partial charge in [0, 0.05) is 13.1 Å². The third-order valence-corrected chi connectivity index (χ3v) is 3.92. The normalized spacial score (nSPS) is 15.3. The zero-order chi connectivity index (χ0) is 13.0. The number of halogens is 2. The first-order chi connectivity index (χ1) is 8.70. The van der Waals surface area contributed by atoms with Crippen molar-refractivity contribution in [3.8, 4) is 0 Å². The summed E-state index contributed by atoms with van der Waals surface area (Å²) in [5, 5.41) is 7.56. The van der Waals surface area contributed by atoms with E-state index in [1.54, 1.807) is 6.07 Å². The van der Waals surface area contributed by atoms with Crippen LogP contribution in [-0.2, 0) is 0 Å². The number of anilines is 2. The van der Waals surface area contributed by atoms with Gasteiger partial charge in [0.2, 0.25) is 0 Å². The molecular weight excluding hydrogens is 269 g/mol. The van der Waals surface area contributed by atoms with Crippen LogP contribution in [-0.4, -0.2) is 18.1 Å². The molecule has 0 saturated heterocycles. The predicted octanol–water partition coefficient (Wildman–Crippen LogP) is 4.42. The van der Waals surface area contributed by atoms with Gasteiger partial charge >= 0.3 is 0 Å². The highest BCUT2D eigenvalue weighted by Gasteiger charge is 2.17. The van der Waals surface area contributed by atoms with Crippen molar-refractivity contribution < 1.29 is 0 Å². The molecule has 0 spiro atoms. The second kappa shape index (κ2) is 6.48. The number of hydrogen-bond donors (Lipinski definition) is 2. The second-order valence-electron chi connectivity index (χ2n) is 4.69. The molecule has 18 heavy (non-hydrogen) atoms. The van der Waals surface area contributed by atoms with Crippen molar-refractivity contribution in [2.75, 3.05) is 23.7 Å². The van der Waals surface area contributed by atoms with E-state index in [1.807, 2.05) is 6.92 Å². The van der Waals surface area contributed by atoms with E-state index in [0.29, 0.717) is 15.9 Å². The van der Waals surface area contributed by atoms with E-state index in [0.717, 1.165) is 24.8 Å². The molecule has 2 rings (SSSR count). The zero-order valence-electron chi connectivity index (χ0n) is 10.6. The third-order valence-electron chi connectivity index (χ3n) is 3.34. The number of pyridine rings is 1. The summed E-state index contributed by atoms with van der Waals surface area (Å²) in [5.41, 5.74) is 0. The molecule has 0 unspecified atom stereocenters. The monoisotopic (exact) mass is 287 g/mol. The van der Waals surface area contributed by atoms with Gasteiger partial charge in [-0.15, -0.1) is 0 Å². The number of nitrogens with zero attached hydrogens (tertiary/aromatic N) is 1. The van der Waals surface area contributed by atoms with Crippen molar-refractivity contribution in [3.05, 3.63) is 16.1 Å². The summed E-state index contributed by atoms with van der Waals surface area (Å²) in [4.78, 5) is 4.42. The van der Waals surface area contributed by atoms with Crippen molar-refractivity contribution in [2.24, 2.45) is 5.92 Å². The maximum Gasteiger partial charge on any atom is 0.147 e. The lowest BCUT2D eigenvalue weighted by molar-refractivity contribution is 0.303. The number of rotatable bonds is 6. The lowest BCUT2D eigenvalue weighted by atomic mass is 9.83. The first kappa shape index (κ1) is 13.8. The van der Waals surface area contributed by atoms with Gasteiger partial charge in [-0.3, -0.25) is 0 Å². The Bertz CT molecular complexity index is 405. The van der Waals surface area contributed by atoms with Crippen LogP contribution in [0, 0.1) is 5.92 Å². The van der Waals surface area contributed by atoms with Gasteiger partial charge in [-0.05, 0) is 25.3 Å². The lowest BCUT2D eigenvalue weighted by Gasteiger charge is -2.25. The molecule has 100 valence electrons. The van der Waals surface area contributed by atoms with E-state index >= 15 is 0 Å². The average Bonchev–Trinajstić information content (AvgIpc) is 2.27. The number of aromatic nitrogens is 1. The SMILES string of the molecule is CCNc1nc(NCCC2CCC2)c(Cl)cc1Cl. The van der Waals surface area contributed by atoms with Gasteiger partial charge in [0.05, 0.1) is 10.0 Å². The van der Waals surface area contributed by atoms with Gasteiger partial charge in [0.25, 0.3) is 0 Å². The molecule has 0 amide bonds. The van der Waals surface area contributed by atoms with Gasteiger partial charge in [-0.25, -0.2) is 4.98 Å². The molecule has 5 heteroatoms. The zero-order valence-corrected chi connectivity index (χ0v) is 12.1. The smallest absolute Gasteiger partial charge is 0.147 e. The molecule has 0 atom stereocenters. The fourth-order valence-corrected chi connectivity index (χ4v) is 2.55. The molecule has 1 aliphatic carbocycles. The summed E-state index contributed by atoms with van der Waals surface area (Å²) in [5.74, 6) is 2.29. The van der Waals surface area contributed by atoms with Crippen LogP contribution >= 0.6 is 23.2 Å². The van der Waals surface area contributed by atoms with Gasteiger partial charge in [0.1, 0.15) is 11.6 Å². The molecule has 1 aliphatic rings. The van der Waals surface area contributed by atoms with Crippen molar-refractivity contribution in [2.45, 2.75) is 32.6 Å². The Morgan fingerprint density at radius 3 is 2.44 bits per heavy atom. The van der Waals surface area contributed by atoms with Crippen LogP contribution in [0.2, 0.25) is 10.0 Å². The van der Waals surface area contributed by atoms with Crippen molar-refractivity contribution in [1.82, 2.24) is 4.98 Å². The summed E-state index contributed by atoms with van der Waals surface area (Å²) in [6.45, 7) is 3.72. The summed E-state index contributed by atoms with van der Waals surface area (Å²) >= 11 is 12.2. The topological polar surface area (TPSA) is 37.0 Å². The van der Waals surface area contributed by atoms with Crippen molar-refractivity contribution in [3.63, 3.8) is 0 Å². The number of hydrogen-bond acceptors (Lipinski definition) is 3. The van der Waals surface area contributed by atoms with Gasteiger partial charge < -0.3 is 10.6 Å². The lowest BCUT2D eigenvalue weighted by Crippen LogP contribution is -2.16. The van der Waals surface area contributed by atoms with Crippen LogP contribution in [0.15, 0.2) is 6.07 Å². The molecule has 1 aromatic rings. The van der Waals surface area contributed by atoms with Gasteiger partial charge in [-0.2, -0.15) is 0 Å². The van der Waals surface area contributed by atoms with Gasteiger partial charge in [-0.1, -0.05) is 42.5 Å². The van der Waals surface area contributed by atoms with E-state index in [1.165, 1.54) is 25.7 Å². The molecule has 1 aromatic heterocycles.